The van der Waals surface area contributed by atoms with Crippen LogP contribution in [-0.4, -0.2) is 54.8 Å². The summed E-state index contributed by atoms with van der Waals surface area (Å²) in [5.74, 6) is 1.92. The molecule has 0 radical (unpaired) electrons. The van der Waals surface area contributed by atoms with E-state index in [9.17, 15) is 0 Å². The lowest BCUT2D eigenvalue weighted by molar-refractivity contribution is 0.0410. The molecule has 1 aromatic rings. The normalized spacial score (nSPS) is 22.1. The molecule has 3 rings (SSSR count). The van der Waals surface area contributed by atoms with Crippen LogP contribution in [0.25, 0.3) is 0 Å². The lowest BCUT2D eigenvalue weighted by Gasteiger charge is -2.28. The van der Waals surface area contributed by atoms with Crippen molar-refractivity contribution in [1.29, 1.82) is 0 Å². The molecule has 1 unspecified atom stereocenters. The number of nitrogens with zero attached hydrogens (tertiary/aromatic N) is 3. The van der Waals surface area contributed by atoms with Gasteiger partial charge in [0.15, 0.2) is 5.50 Å². The van der Waals surface area contributed by atoms with Crippen LogP contribution in [0.2, 0.25) is 10.0 Å². The molecule has 0 aliphatic carbocycles. The van der Waals surface area contributed by atoms with Crippen LogP contribution >= 0.6 is 35.0 Å². The van der Waals surface area contributed by atoms with Gasteiger partial charge < -0.3 is 4.74 Å². The van der Waals surface area contributed by atoms with Gasteiger partial charge in [-0.15, -0.1) is 11.8 Å². The minimum Gasteiger partial charge on any atom is -0.379 e. The fraction of sp³-hybridized carbons (Fsp3) is 0.533. The number of hydrazine groups is 1. The van der Waals surface area contributed by atoms with Gasteiger partial charge in [-0.1, -0.05) is 23.2 Å². The van der Waals surface area contributed by atoms with Crippen molar-refractivity contribution in [3.05, 3.63) is 28.2 Å². The molecule has 1 N–H and O–H groups in total. The summed E-state index contributed by atoms with van der Waals surface area (Å²) >= 11 is 13.9. The van der Waals surface area contributed by atoms with E-state index in [2.05, 4.69) is 15.3 Å². The summed E-state index contributed by atoms with van der Waals surface area (Å²) in [7, 11) is 0. The summed E-state index contributed by atoms with van der Waals surface area (Å²) < 4.78 is 5.38. The van der Waals surface area contributed by atoms with Gasteiger partial charge >= 0.3 is 0 Å². The highest BCUT2D eigenvalue weighted by atomic mass is 35.5. The minimum atomic E-state index is 0.00767. The number of hydrogen-bond acceptors (Lipinski definition) is 6. The summed E-state index contributed by atoms with van der Waals surface area (Å²) in [6.07, 6.45) is 0. The van der Waals surface area contributed by atoms with Gasteiger partial charge in [0, 0.05) is 25.4 Å². The van der Waals surface area contributed by atoms with Crippen LogP contribution in [-0.2, 0) is 4.74 Å². The molecule has 1 atom stereocenters. The second-order valence-corrected chi connectivity index (χ2v) is 7.42. The summed E-state index contributed by atoms with van der Waals surface area (Å²) in [5.41, 5.74) is 4.25. The Bertz CT molecular complexity index is 581. The molecular formula is C15H20Cl2N4OS. The minimum absolute atomic E-state index is 0.00767. The van der Waals surface area contributed by atoms with Gasteiger partial charge in [0.2, 0.25) is 0 Å². The quantitative estimate of drug-likeness (QED) is 0.857. The smallest absolute Gasteiger partial charge is 0.188 e. The third kappa shape index (κ3) is 4.45. The lowest BCUT2D eigenvalue weighted by Crippen LogP contribution is -2.40. The van der Waals surface area contributed by atoms with Gasteiger partial charge in [-0.25, -0.2) is 4.99 Å². The molecule has 0 spiro atoms. The van der Waals surface area contributed by atoms with E-state index in [-0.39, 0.29) is 5.50 Å². The SMILES string of the molecule is CC1=NC(SCCN2CCOCC2)N(c2ccc(Cl)c(Cl)c2)N1. The predicted octanol–water partition coefficient (Wildman–Crippen LogP) is 3.09. The first kappa shape index (κ1) is 17.2. The van der Waals surface area contributed by atoms with Crippen molar-refractivity contribution in [2.75, 3.05) is 43.6 Å². The number of thioether (sulfide) groups is 1. The van der Waals surface area contributed by atoms with E-state index in [0.717, 1.165) is 50.1 Å². The van der Waals surface area contributed by atoms with Crippen LogP contribution in [0.3, 0.4) is 0 Å². The Kier molecular flexibility index (Phi) is 5.93. The Labute approximate surface area is 150 Å². The lowest BCUT2D eigenvalue weighted by atomic mass is 10.3. The molecule has 126 valence electrons. The van der Waals surface area contributed by atoms with Crippen molar-refractivity contribution in [3.63, 3.8) is 0 Å². The summed E-state index contributed by atoms with van der Waals surface area (Å²) in [4.78, 5) is 7.09. The number of ether oxygens (including phenoxy) is 1. The Morgan fingerprint density at radius 3 is 2.83 bits per heavy atom. The van der Waals surface area contributed by atoms with Gasteiger partial charge in [0.05, 0.1) is 28.9 Å². The molecule has 0 amide bonds. The molecule has 2 aliphatic heterocycles. The summed E-state index contributed by atoms with van der Waals surface area (Å²) in [6, 6.07) is 5.62. The van der Waals surface area contributed by atoms with Gasteiger partial charge in [-0.2, -0.15) is 0 Å². The molecule has 1 fully saturated rings. The van der Waals surface area contributed by atoms with Crippen molar-refractivity contribution < 1.29 is 4.74 Å². The second-order valence-electron chi connectivity index (χ2n) is 5.45. The van der Waals surface area contributed by atoms with E-state index in [0.29, 0.717) is 10.0 Å². The van der Waals surface area contributed by atoms with Gasteiger partial charge in [-0.05, 0) is 25.1 Å². The van der Waals surface area contributed by atoms with Gasteiger partial charge in [0.25, 0.3) is 0 Å². The molecule has 2 heterocycles. The zero-order chi connectivity index (χ0) is 16.2. The molecule has 0 aromatic heterocycles. The number of amidine groups is 1. The first-order valence-electron chi connectivity index (χ1n) is 7.60. The summed E-state index contributed by atoms with van der Waals surface area (Å²) in [5, 5.41) is 3.14. The maximum atomic E-state index is 6.13. The van der Waals surface area contributed by atoms with Crippen molar-refractivity contribution in [1.82, 2.24) is 10.3 Å². The fourth-order valence-corrected chi connectivity index (χ4v) is 3.96. The van der Waals surface area contributed by atoms with Crippen LogP contribution in [0.1, 0.15) is 6.92 Å². The Morgan fingerprint density at radius 1 is 1.30 bits per heavy atom. The van der Waals surface area contributed by atoms with Crippen LogP contribution in [0.4, 0.5) is 5.69 Å². The molecule has 2 aliphatic rings. The third-order valence-corrected chi connectivity index (χ3v) is 5.54. The van der Waals surface area contributed by atoms with E-state index in [4.69, 9.17) is 27.9 Å². The first-order chi connectivity index (χ1) is 11.1. The van der Waals surface area contributed by atoms with Crippen molar-refractivity contribution >= 4 is 46.5 Å². The van der Waals surface area contributed by atoms with Crippen LogP contribution < -0.4 is 10.4 Å². The second kappa shape index (κ2) is 7.94. The molecule has 8 heteroatoms. The number of rotatable bonds is 5. The van der Waals surface area contributed by atoms with Gasteiger partial charge in [0.1, 0.15) is 5.84 Å². The largest absolute Gasteiger partial charge is 0.379 e. The first-order valence-corrected chi connectivity index (χ1v) is 9.41. The highest BCUT2D eigenvalue weighted by Gasteiger charge is 2.25. The average molecular weight is 375 g/mol. The monoisotopic (exact) mass is 374 g/mol. The maximum Gasteiger partial charge on any atom is 0.188 e. The van der Waals surface area contributed by atoms with Crippen LogP contribution in [0.5, 0.6) is 0 Å². The molecule has 0 bridgehead atoms. The fourth-order valence-electron chi connectivity index (χ4n) is 2.53. The van der Waals surface area contributed by atoms with Crippen molar-refractivity contribution in [2.45, 2.75) is 12.4 Å². The van der Waals surface area contributed by atoms with E-state index < -0.39 is 0 Å². The van der Waals surface area contributed by atoms with Crippen molar-refractivity contribution in [2.24, 2.45) is 4.99 Å². The topological polar surface area (TPSA) is 40.1 Å². The zero-order valence-electron chi connectivity index (χ0n) is 13.0. The molecular weight excluding hydrogens is 355 g/mol. The molecule has 1 saturated heterocycles. The average Bonchev–Trinajstić information content (AvgIpc) is 2.92. The number of benzene rings is 1. The number of morpholine rings is 1. The van der Waals surface area contributed by atoms with E-state index >= 15 is 0 Å². The highest BCUT2D eigenvalue weighted by molar-refractivity contribution is 8.00. The number of hydrogen-bond donors (Lipinski definition) is 1. The Morgan fingerprint density at radius 2 is 2.09 bits per heavy atom. The zero-order valence-corrected chi connectivity index (χ0v) is 15.3. The van der Waals surface area contributed by atoms with Crippen LogP contribution in [0.15, 0.2) is 23.2 Å². The highest BCUT2D eigenvalue weighted by Crippen LogP contribution is 2.31. The number of halogens is 2. The molecule has 1 aromatic carbocycles. The summed E-state index contributed by atoms with van der Waals surface area (Å²) in [6.45, 7) is 6.72. The maximum absolute atomic E-state index is 6.13. The standard InChI is InChI=1S/C15H20Cl2N4OS/c1-11-18-15(23-9-6-20-4-7-22-8-5-20)21(19-11)12-2-3-13(16)14(17)10-12/h2-3,10,15H,4-9H2,1H3,(H,18,19). The third-order valence-electron chi connectivity index (χ3n) is 3.77. The van der Waals surface area contributed by atoms with E-state index in [1.54, 1.807) is 0 Å². The number of anilines is 1. The number of nitrogens with one attached hydrogen (secondary N) is 1. The van der Waals surface area contributed by atoms with Gasteiger partial charge in [-0.3, -0.25) is 15.3 Å². The van der Waals surface area contributed by atoms with Crippen molar-refractivity contribution in [3.8, 4) is 0 Å². The predicted molar refractivity (Wildman–Crippen MR) is 98.7 cm³/mol. The van der Waals surface area contributed by atoms with E-state index in [1.807, 2.05) is 41.9 Å². The molecule has 0 saturated carbocycles. The Balaban J connectivity index is 1.58. The van der Waals surface area contributed by atoms with Crippen LogP contribution in [0, 0.1) is 0 Å². The molecule has 5 nitrogen and oxygen atoms in total. The number of aliphatic imine (C=N–C) groups is 1. The molecule has 23 heavy (non-hydrogen) atoms. The Hall–Kier alpha value is -0.660. The van der Waals surface area contributed by atoms with E-state index in [1.165, 1.54) is 0 Å².